The maximum absolute atomic E-state index is 11.6. The number of likely N-dealkylation sites (N-methyl/N-ethyl adjacent to an activating group) is 1. The lowest BCUT2D eigenvalue weighted by Crippen LogP contribution is -2.29. The van der Waals surface area contributed by atoms with Crippen LogP contribution < -0.4 is 0 Å². The molecule has 0 aromatic heterocycles. The van der Waals surface area contributed by atoms with Gasteiger partial charge in [-0.1, -0.05) is 0 Å². The Morgan fingerprint density at radius 2 is 2.21 bits per heavy atom. The fraction of sp³-hybridized carbons (Fsp3) is 0.727. The number of hydrogen-bond donors (Lipinski definition) is 0. The number of ether oxygens (including phenoxy) is 1. The van der Waals surface area contributed by atoms with Crippen molar-refractivity contribution in [3.63, 3.8) is 0 Å². The topological polar surface area (TPSA) is 29.5 Å². The van der Waals surface area contributed by atoms with Crippen LogP contribution in [0.1, 0.15) is 33.6 Å². The summed E-state index contributed by atoms with van der Waals surface area (Å²) in [6, 6.07) is 0. The number of carbonyl (C=O) groups excluding carboxylic acids is 1. The van der Waals surface area contributed by atoms with Gasteiger partial charge in [0.25, 0.3) is 0 Å². The van der Waals surface area contributed by atoms with Crippen molar-refractivity contribution in [3.8, 4) is 0 Å². The highest BCUT2D eigenvalue weighted by Crippen LogP contribution is 2.22. The van der Waals surface area contributed by atoms with Gasteiger partial charge in [0.2, 0.25) is 5.91 Å². The Kier molecular flexibility index (Phi) is 3.98. The van der Waals surface area contributed by atoms with E-state index < -0.39 is 0 Å². The van der Waals surface area contributed by atoms with E-state index in [1.165, 1.54) is 0 Å². The van der Waals surface area contributed by atoms with Gasteiger partial charge in [-0.2, -0.15) is 0 Å². The summed E-state index contributed by atoms with van der Waals surface area (Å²) in [6.07, 6.45) is 3.83. The van der Waals surface area contributed by atoms with E-state index in [9.17, 15) is 4.79 Å². The summed E-state index contributed by atoms with van der Waals surface area (Å²) in [4.78, 5) is 13.4. The van der Waals surface area contributed by atoms with Crippen LogP contribution in [0.4, 0.5) is 0 Å². The Bertz CT molecular complexity index is 231. The van der Waals surface area contributed by atoms with Crippen LogP contribution in [0, 0.1) is 0 Å². The van der Waals surface area contributed by atoms with Crippen LogP contribution >= 0.6 is 0 Å². The molecule has 0 radical (unpaired) electrons. The Hall–Kier alpha value is -0.990. The average molecular weight is 197 g/mol. The van der Waals surface area contributed by atoms with E-state index in [2.05, 4.69) is 0 Å². The molecular formula is C11H19NO2. The second-order valence-electron chi connectivity index (χ2n) is 3.59. The minimum atomic E-state index is 0.0686. The number of nitrogens with zero attached hydrogens (tertiary/aromatic N) is 1. The standard InChI is InChI=1S/C11H19NO2/c1-4-12(5-2)11(13)8-10-7-6-9(3)14-10/h8-9H,4-7H2,1-3H3/b10-8+. The van der Waals surface area contributed by atoms with Gasteiger partial charge in [-0.3, -0.25) is 4.79 Å². The molecule has 3 nitrogen and oxygen atoms in total. The van der Waals surface area contributed by atoms with Crippen molar-refractivity contribution in [2.45, 2.75) is 39.7 Å². The summed E-state index contributed by atoms with van der Waals surface area (Å²) in [5, 5.41) is 0. The van der Waals surface area contributed by atoms with Crippen LogP contribution in [-0.4, -0.2) is 30.0 Å². The molecule has 0 bridgehead atoms. The summed E-state index contributed by atoms with van der Waals surface area (Å²) < 4.78 is 5.48. The largest absolute Gasteiger partial charge is 0.495 e. The molecule has 0 N–H and O–H groups in total. The first-order chi connectivity index (χ1) is 6.67. The van der Waals surface area contributed by atoms with Crippen molar-refractivity contribution in [3.05, 3.63) is 11.8 Å². The van der Waals surface area contributed by atoms with Gasteiger partial charge >= 0.3 is 0 Å². The molecule has 0 saturated carbocycles. The van der Waals surface area contributed by atoms with Gasteiger partial charge in [-0.05, 0) is 27.2 Å². The molecule has 0 aromatic rings. The zero-order valence-electron chi connectivity index (χ0n) is 9.25. The van der Waals surface area contributed by atoms with Crippen molar-refractivity contribution < 1.29 is 9.53 Å². The summed E-state index contributed by atoms with van der Waals surface area (Å²) in [7, 11) is 0. The second kappa shape index (κ2) is 5.03. The Labute approximate surface area is 85.7 Å². The molecule has 1 heterocycles. The maximum Gasteiger partial charge on any atom is 0.249 e. The number of carbonyl (C=O) groups is 1. The first-order valence-electron chi connectivity index (χ1n) is 5.33. The van der Waals surface area contributed by atoms with E-state index in [1.807, 2.05) is 20.8 Å². The molecule has 3 heteroatoms. The molecule has 14 heavy (non-hydrogen) atoms. The van der Waals surface area contributed by atoms with Crippen LogP contribution in [0.2, 0.25) is 0 Å². The predicted octanol–water partition coefficient (Wildman–Crippen LogP) is 1.94. The molecule has 0 spiro atoms. The zero-order valence-corrected chi connectivity index (χ0v) is 9.25. The SMILES string of the molecule is CCN(CC)C(=O)/C=C1\CCC(C)O1. The highest BCUT2D eigenvalue weighted by molar-refractivity contribution is 5.88. The predicted molar refractivity (Wildman–Crippen MR) is 55.8 cm³/mol. The zero-order chi connectivity index (χ0) is 10.6. The van der Waals surface area contributed by atoms with Crippen LogP contribution in [0.3, 0.4) is 0 Å². The number of rotatable bonds is 3. The van der Waals surface area contributed by atoms with Crippen molar-refractivity contribution in [2.24, 2.45) is 0 Å². The quantitative estimate of drug-likeness (QED) is 0.647. The highest BCUT2D eigenvalue weighted by atomic mass is 16.5. The number of amides is 1. The molecule has 1 rings (SSSR count). The molecule has 0 aliphatic carbocycles. The lowest BCUT2D eigenvalue weighted by Gasteiger charge is -2.16. The molecular weight excluding hydrogens is 178 g/mol. The smallest absolute Gasteiger partial charge is 0.249 e. The van der Waals surface area contributed by atoms with Gasteiger partial charge in [-0.15, -0.1) is 0 Å². The summed E-state index contributed by atoms with van der Waals surface area (Å²) in [5.41, 5.74) is 0. The molecule has 1 fully saturated rings. The van der Waals surface area contributed by atoms with E-state index in [0.717, 1.165) is 31.7 Å². The van der Waals surface area contributed by atoms with E-state index >= 15 is 0 Å². The maximum atomic E-state index is 11.6. The molecule has 1 unspecified atom stereocenters. The fourth-order valence-corrected chi connectivity index (χ4v) is 1.59. The third-order valence-corrected chi connectivity index (χ3v) is 2.51. The van der Waals surface area contributed by atoms with E-state index in [-0.39, 0.29) is 12.0 Å². The van der Waals surface area contributed by atoms with Gasteiger partial charge in [0.05, 0.1) is 6.10 Å². The lowest BCUT2D eigenvalue weighted by molar-refractivity contribution is -0.125. The minimum absolute atomic E-state index is 0.0686. The van der Waals surface area contributed by atoms with Crippen molar-refractivity contribution in [1.82, 2.24) is 4.90 Å². The molecule has 1 aliphatic rings. The second-order valence-corrected chi connectivity index (χ2v) is 3.59. The molecule has 1 atom stereocenters. The van der Waals surface area contributed by atoms with Crippen molar-refractivity contribution in [1.29, 1.82) is 0 Å². The summed E-state index contributed by atoms with van der Waals surface area (Å²) in [6.45, 7) is 7.52. The average Bonchev–Trinajstić information content (AvgIpc) is 2.53. The van der Waals surface area contributed by atoms with Gasteiger partial charge in [-0.25, -0.2) is 0 Å². The summed E-state index contributed by atoms with van der Waals surface area (Å²) in [5.74, 6) is 0.911. The third-order valence-electron chi connectivity index (χ3n) is 2.51. The van der Waals surface area contributed by atoms with Crippen LogP contribution in [-0.2, 0) is 9.53 Å². The Balaban J connectivity index is 2.54. The first-order valence-corrected chi connectivity index (χ1v) is 5.33. The highest BCUT2D eigenvalue weighted by Gasteiger charge is 2.17. The Morgan fingerprint density at radius 3 is 2.64 bits per heavy atom. The van der Waals surface area contributed by atoms with Gasteiger partial charge in [0.1, 0.15) is 5.76 Å². The fourth-order valence-electron chi connectivity index (χ4n) is 1.59. The molecule has 0 aromatic carbocycles. The minimum Gasteiger partial charge on any atom is -0.495 e. The van der Waals surface area contributed by atoms with Gasteiger partial charge < -0.3 is 9.64 Å². The van der Waals surface area contributed by atoms with Crippen molar-refractivity contribution in [2.75, 3.05) is 13.1 Å². The normalized spacial score (nSPS) is 23.6. The Morgan fingerprint density at radius 1 is 1.57 bits per heavy atom. The van der Waals surface area contributed by atoms with E-state index in [4.69, 9.17) is 4.74 Å². The molecule has 80 valence electrons. The van der Waals surface area contributed by atoms with Crippen LogP contribution in [0.5, 0.6) is 0 Å². The van der Waals surface area contributed by atoms with Crippen molar-refractivity contribution >= 4 is 5.91 Å². The molecule has 1 saturated heterocycles. The monoisotopic (exact) mass is 197 g/mol. The van der Waals surface area contributed by atoms with Crippen LogP contribution in [0.15, 0.2) is 11.8 Å². The lowest BCUT2D eigenvalue weighted by atomic mass is 10.2. The van der Waals surface area contributed by atoms with Crippen LogP contribution in [0.25, 0.3) is 0 Å². The molecule has 1 aliphatic heterocycles. The molecule has 1 amide bonds. The van der Waals surface area contributed by atoms with E-state index in [0.29, 0.717) is 0 Å². The first kappa shape index (κ1) is 11.1. The third kappa shape index (κ3) is 2.76. The number of hydrogen-bond acceptors (Lipinski definition) is 2. The summed E-state index contributed by atoms with van der Waals surface area (Å²) >= 11 is 0. The van der Waals surface area contributed by atoms with Gasteiger partial charge in [0.15, 0.2) is 0 Å². The van der Waals surface area contributed by atoms with E-state index in [1.54, 1.807) is 11.0 Å². The number of allylic oxidation sites excluding steroid dienone is 1. The van der Waals surface area contributed by atoms with Gasteiger partial charge in [0, 0.05) is 25.6 Å².